The normalized spacial score (nSPS) is 11.8. The van der Waals surface area contributed by atoms with Crippen molar-refractivity contribution in [2.45, 2.75) is 12.7 Å². The third-order valence-electron chi connectivity index (χ3n) is 6.23. The average molecular weight is 565 g/mol. The molecule has 1 N–H and O–H groups in total. The second kappa shape index (κ2) is 9.76. The van der Waals surface area contributed by atoms with Crippen molar-refractivity contribution < 1.29 is 22.4 Å². The Balaban J connectivity index is 1.30. The van der Waals surface area contributed by atoms with Crippen LogP contribution in [0.5, 0.6) is 0 Å². The molecule has 0 spiro atoms. The number of nitrogens with zero attached hydrogens (tertiary/aromatic N) is 5. The Morgan fingerprint density at radius 2 is 1.73 bits per heavy atom. The second-order valence-corrected chi connectivity index (χ2v) is 9.38. The molecule has 7 nitrogen and oxygen atoms in total. The van der Waals surface area contributed by atoms with Crippen LogP contribution in [0.2, 0.25) is 5.02 Å². The molecule has 0 bridgehead atoms. The van der Waals surface area contributed by atoms with Crippen LogP contribution in [-0.4, -0.2) is 30.3 Å². The van der Waals surface area contributed by atoms with Crippen LogP contribution in [0.1, 0.15) is 21.7 Å². The first-order chi connectivity index (χ1) is 19.1. The molecule has 40 heavy (non-hydrogen) atoms. The summed E-state index contributed by atoms with van der Waals surface area (Å²) in [6.45, 7) is 0.208. The zero-order chi connectivity index (χ0) is 28.0. The molecule has 200 valence electrons. The van der Waals surface area contributed by atoms with Crippen molar-refractivity contribution in [3.63, 3.8) is 0 Å². The summed E-state index contributed by atoms with van der Waals surface area (Å²) in [6.07, 6.45) is -3.19. The van der Waals surface area contributed by atoms with Gasteiger partial charge in [-0.15, -0.1) is 0 Å². The first kappa shape index (κ1) is 25.5. The number of benzene rings is 3. The van der Waals surface area contributed by atoms with E-state index in [2.05, 4.69) is 20.5 Å². The minimum atomic E-state index is -4.76. The quantitative estimate of drug-likeness (QED) is 0.232. The highest BCUT2D eigenvalue weighted by molar-refractivity contribution is 6.31. The largest absolute Gasteiger partial charge is 0.433 e. The summed E-state index contributed by atoms with van der Waals surface area (Å²) in [5.74, 6) is -1.10. The summed E-state index contributed by atoms with van der Waals surface area (Å²) in [5.41, 5.74) is -0.289. The Morgan fingerprint density at radius 1 is 0.925 bits per heavy atom. The predicted molar refractivity (Wildman–Crippen MR) is 142 cm³/mol. The molecule has 0 radical (unpaired) electrons. The van der Waals surface area contributed by atoms with Crippen LogP contribution in [0.4, 0.5) is 23.4 Å². The first-order valence-electron chi connectivity index (χ1n) is 11.9. The van der Waals surface area contributed by atoms with E-state index in [0.29, 0.717) is 15.6 Å². The highest BCUT2D eigenvalue weighted by Gasteiger charge is 2.35. The Kier molecular flexibility index (Phi) is 6.22. The van der Waals surface area contributed by atoms with Crippen molar-refractivity contribution >= 4 is 39.7 Å². The molecule has 0 atom stereocenters. The lowest BCUT2D eigenvalue weighted by Crippen LogP contribution is -2.16. The molecule has 0 aliphatic rings. The standard InChI is InChI=1S/C28H17ClF4N6O/c29-21-12-20(30)8-7-19(21)15-38-10-9-25(37-38)35-27(40)23-14-26-34-22(13-24(28(31,32)33)39(26)36-23)18-6-5-16-3-1-2-4-17(16)11-18/h1-14H,15H2,(H,35,37,40). The average Bonchev–Trinajstić information content (AvgIpc) is 3.55. The maximum absolute atomic E-state index is 14.0. The minimum absolute atomic E-state index is 0.0932. The van der Waals surface area contributed by atoms with E-state index >= 15 is 0 Å². The van der Waals surface area contributed by atoms with Gasteiger partial charge in [-0.2, -0.15) is 23.4 Å². The third kappa shape index (κ3) is 4.98. The molecule has 0 aliphatic carbocycles. The number of aromatic nitrogens is 5. The van der Waals surface area contributed by atoms with Gasteiger partial charge >= 0.3 is 6.18 Å². The molecule has 6 rings (SSSR count). The van der Waals surface area contributed by atoms with Crippen LogP contribution < -0.4 is 5.32 Å². The van der Waals surface area contributed by atoms with Gasteiger partial charge in [0.2, 0.25) is 0 Å². The van der Waals surface area contributed by atoms with Gasteiger partial charge in [-0.05, 0) is 40.6 Å². The number of halogens is 5. The number of amides is 1. The Hall–Kier alpha value is -4.77. The second-order valence-electron chi connectivity index (χ2n) is 8.97. The molecular formula is C28H17ClF4N6O. The van der Waals surface area contributed by atoms with Gasteiger partial charge < -0.3 is 5.32 Å². The summed E-state index contributed by atoms with van der Waals surface area (Å²) in [6, 6.07) is 20.3. The number of carbonyl (C=O) groups excluding carboxylic acids is 1. The Morgan fingerprint density at radius 3 is 2.50 bits per heavy atom. The zero-order valence-electron chi connectivity index (χ0n) is 20.3. The van der Waals surface area contributed by atoms with Crippen molar-refractivity contribution in [2.24, 2.45) is 0 Å². The van der Waals surface area contributed by atoms with Crippen molar-refractivity contribution in [1.82, 2.24) is 24.4 Å². The van der Waals surface area contributed by atoms with Crippen LogP contribution in [0.3, 0.4) is 0 Å². The highest BCUT2D eigenvalue weighted by Crippen LogP contribution is 2.33. The van der Waals surface area contributed by atoms with Crippen LogP contribution in [0.25, 0.3) is 27.7 Å². The van der Waals surface area contributed by atoms with Crippen molar-refractivity contribution in [1.29, 1.82) is 0 Å². The van der Waals surface area contributed by atoms with Gasteiger partial charge in [0.15, 0.2) is 22.9 Å². The maximum atomic E-state index is 14.0. The fraction of sp³-hybridized carbons (Fsp3) is 0.0714. The molecule has 0 aliphatic heterocycles. The zero-order valence-corrected chi connectivity index (χ0v) is 21.1. The fourth-order valence-corrected chi connectivity index (χ4v) is 4.53. The number of fused-ring (bicyclic) bond motifs is 2. The lowest BCUT2D eigenvalue weighted by molar-refractivity contribution is -0.142. The summed E-state index contributed by atoms with van der Waals surface area (Å²) >= 11 is 6.06. The van der Waals surface area contributed by atoms with E-state index in [-0.39, 0.29) is 34.4 Å². The van der Waals surface area contributed by atoms with E-state index in [9.17, 15) is 22.4 Å². The van der Waals surface area contributed by atoms with Gasteiger partial charge in [0.05, 0.1) is 12.2 Å². The number of anilines is 1. The van der Waals surface area contributed by atoms with Crippen LogP contribution >= 0.6 is 11.6 Å². The van der Waals surface area contributed by atoms with E-state index in [1.54, 1.807) is 18.3 Å². The Labute approximate surface area is 228 Å². The molecule has 3 aromatic carbocycles. The minimum Gasteiger partial charge on any atom is -0.304 e. The smallest absolute Gasteiger partial charge is 0.304 e. The monoisotopic (exact) mass is 564 g/mol. The van der Waals surface area contributed by atoms with Crippen molar-refractivity contribution in [3.05, 3.63) is 113 Å². The molecule has 1 amide bonds. The van der Waals surface area contributed by atoms with E-state index in [1.165, 1.54) is 35.0 Å². The fourth-order valence-electron chi connectivity index (χ4n) is 4.31. The van der Waals surface area contributed by atoms with Gasteiger partial charge in [0.1, 0.15) is 5.82 Å². The summed E-state index contributed by atoms with van der Waals surface area (Å²) < 4.78 is 57.4. The maximum Gasteiger partial charge on any atom is 0.433 e. The molecule has 0 saturated carbocycles. The molecule has 3 heterocycles. The lowest BCUT2D eigenvalue weighted by atomic mass is 10.0. The molecule has 6 aromatic rings. The van der Waals surface area contributed by atoms with Crippen molar-refractivity contribution in [3.8, 4) is 11.3 Å². The number of hydrogen-bond acceptors (Lipinski definition) is 4. The van der Waals surface area contributed by atoms with Crippen LogP contribution in [-0.2, 0) is 12.7 Å². The summed E-state index contributed by atoms with van der Waals surface area (Å²) in [4.78, 5) is 17.3. The summed E-state index contributed by atoms with van der Waals surface area (Å²) in [5, 5.41) is 12.7. The van der Waals surface area contributed by atoms with Gasteiger partial charge in [-0.1, -0.05) is 54.1 Å². The van der Waals surface area contributed by atoms with Crippen LogP contribution in [0, 0.1) is 5.82 Å². The molecule has 0 fully saturated rings. The number of rotatable bonds is 5. The molecular weight excluding hydrogens is 548 g/mol. The molecule has 0 unspecified atom stereocenters. The topological polar surface area (TPSA) is 77.1 Å². The number of hydrogen-bond donors (Lipinski definition) is 1. The van der Waals surface area contributed by atoms with E-state index in [4.69, 9.17) is 11.6 Å². The van der Waals surface area contributed by atoms with Gasteiger partial charge in [-0.3, -0.25) is 9.48 Å². The first-order valence-corrected chi connectivity index (χ1v) is 12.3. The van der Waals surface area contributed by atoms with Gasteiger partial charge in [0.25, 0.3) is 5.91 Å². The number of alkyl halides is 3. The van der Waals surface area contributed by atoms with E-state index in [0.717, 1.165) is 16.8 Å². The predicted octanol–water partition coefficient (Wildman–Crippen LogP) is 6.86. The van der Waals surface area contributed by atoms with Gasteiger partial charge in [-0.25, -0.2) is 13.9 Å². The van der Waals surface area contributed by atoms with E-state index in [1.807, 2.05) is 30.3 Å². The number of nitrogens with one attached hydrogen (secondary N) is 1. The lowest BCUT2D eigenvalue weighted by Gasteiger charge is -2.11. The van der Waals surface area contributed by atoms with Crippen molar-refractivity contribution in [2.75, 3.05) is 5.32 Å². The third-order valence-corrected chi connectivity index (χ3v) is 6.58. The molecule has 3 aromatic heterocycles. The van der Waals surface area contributed by atoms with E-state index < -0.39 is 23.6 Å². The molecule has 0 saturated heterocycles. The van der Waals surface area contributed by atoms with Gasteiger partial charge in [0, 0.05) is 28.9 Å². The highest BCUT2D eigenvalue weighted by atomic mass is 35.5. The van der Waals surface area contributed by atoms with Crippen LogP contribution in [0.15, 0.2) is 85.1 Å². The Bertz CT molecular complexity index is 1910. The summed E-state index contributed by atoms with van der Waals surface area (Å²) in [7, 11) is 0. The SMILES string of the molecule is O=C(Nc1ccn(Cc2ccc(F)cc2Cl)n1)c1cc2nc(-c3ccc4ccccc4c3)cc(C(F)(F)F)n2n1. The number of carbonyl (C=O) groups is 1. The molecule has 12 heteroatoms.